The first-order valence-corrected chi connectivity index (χ1v) is 13.0. The molecular weight excluding hydrogens is 426 g/mol. The van der Waals surface area contributed by atoms with Crippen molar-refractivity contribution in [3.8, 4) is 5.75 Å². The highest BCUT2D eigenvalue weighted by molar-refractivity contribution is 7.91. The van der Waals surface area contributed by atoms with E-state index in [9.17, 15) is 16.8 Å². The number of hydrogen-bond acceptors (Lipinski definition) is 6. The molecular formula is C21H27NO6S2. The Morgan fingerprint density at radius 1 is 1.17 bits per heavy atom. The Hall–Kier alpha value is -1.94. The Balaban J connectivity index is 2.20. The van der Waals surface area contributed by atoms with E-state index in [0.29, 0.717) is 18.4 Å². The van der Waals surface area contributed by atoms with Crippen LogP contribution in [0, 0.1) is 0 Å². The van der Waals surface area contributed by atoms with Gasteiger partial charge in [0, 0.05) is 11.6 Å². The summed E-state index contributed by atoms with van der Waals surface area (Å²) in [5, 5.41) is 3.62. The molecule has 0 saturated carbocycles. The lowest BCUT2D eigenvalue weighted by atomic mass is 9.88. The van der Waals surface area contributed by atoms with Crippen LogP contribution in [0.25, 0.3) is 0 Å². The Kier molecular flexibility index (Phi) is 6.57. The normalized spacial score (nSPS) is 23.4. The van der Waals surface area contributed by atoms with Crippen LogP contribution >= 0.6 is 0 Å². The van der Waals surface area contributed by atoms with E-state index in [1.165, 1.54) is 12.1 Å². The number of benzene rings is 2. The second-order valence-corrected chi connectivity index (χ2v) is 10.7. The van der Waals surface area contributed by atoms with Crippen LogP contribution in [0.4, 0.5) is 0 Å². The molecule has 1 heterocycles. The van der Waals surface area contributed by atoms with Gasteiger partial charge in [0.25, 0.3) is 0 Å². The summed E-state index contributed by atoms with van der Waals surface area (Å²) in [5.74, 6) is -0.355. The van der Waals surface area contributed by atoms with Crippen LogP contribution in [0.3, 0.4) is 0 Å². The van der Waals surface area contributed by atoms with Gasteiger partial charge in [-0.2, -0.15) is 8.42 Å². The van der Waals surface area contributed by atoms with Crippen LogP contribution in [-0.4, -0.2) is 32.7 Å². The first-order valence-electron chi connectivity index (χ1n) is 9.95. The van der Waals surface area contributed by atoms with Crippen LogP contribution in [0.5, 0.6) is 5.75 Å². The molecule has 0 aliphatic carbocycles. The molecule has 30 heavy (non-hydrogen) atoms. The van der Waals surface area contributed by atoms with Gasteiger partial charge >= 0.3 is 10.4 Å². The molecule has 0 amide bonds. The number of hydrogen-bond donors (Lipinski definition) is 2. The van der Waals surface area contributed by atoms with E-state index in [2.05, 4.69) is 16.4 Å². The molecule has 2 aromatic carbocycles. The van der Waals surface area contributed by atoms with Crippen LogP contribution in [0.15, 0.2) is 53.4 Å². The van der Waals surface area contributed by atoms with Crippen molar-refractivity contribution in [3.05, 3.63) is 59.7 Å². The van der Waals surface area contributed by atoms with E-state index in [0.717, 1.165) is 18.4 Å². The molecule has 3 rings (SSSR count). The number of nitrogens with one attached hydrogen (secondary N) is 1. The monoisotopic (exact) mass is 453 g/mol. The molecule has 2 aromatic rings. The van der Waals surface area contributed by atoms with Gasteiger partial charge in [0.05, 0.1) is 16.7 Å². The van der Waals surface area contributed by atoms with Crippen molar-refractivity contribution in [2.45, 2.75) is 56.0 Å². The third kappa shape index (κ3) is 5.03. The molecule has 0 saturated heterocycles. The molecule has 0 spiro atoms. The topological polar surface area (TPSA) is 110 Å². The Bertz CT molecular complexity index is 1100. The van der Waals surface area contributed by atoms with E-state index in [4.69, 9.17) is 4.55 Å². The molecule has 7 nitrogen and oxygen atoms in total. The summed E-state index contributed by atoms with van der Waals surface area (Å²) >= 11 is 0. The number of rotatable bonds is 7. The molecule has 0 fully saturated rings. The SMILES string of the molecule is CCCCC1(CC)CS(=O)(=O)c2cc(OS(=O)(=O)O)ccc2C(c2ccccc2)N1. The Morgan fingerprint density at radius 2 is 1.87 bits per heavy atom. The van der Waals surface area contributed by atoms with Crippen molar-refractivity contribution in [3.63, 3.8) is 0 Å². The highest BCUT2D eigenvalue weighted by Gasteiger charge is 2.42. The van der Waals surface area contributed by atoms with E-state index in [-0.39, 0.29) is 16.4 Å². The lowest BCUT2D eigenvalue weighted by Crippen LogP contribution is -2.50. The summed E-state index contributed by atoms with van der Waals surface area (Å²) in [6.07, 6.45) is 3.15. The summed E-state index contributed by atoms with van der Waals surface area (Å²) in [6, 6.07) is 13.2. The maximum Gasteiger partial charge on any atom is 0.446 e. The summed E-state index contributed by atoms with van der Waals surface area (Å²) in [7, 11) is -8.53. The maximum absolute atomic E-state index is 13.4. The van der Waals surface area contributed by atoms with Gasteiger partial charge in [0.15, 0.2) is 9.84 Å². The molecule has 1 aliphatic heterocycles. The standard InChI is InChI=1S/C21H27NO6S2/c1-3-5-13-21(4-2)15-29(23,24)19-14-17(28-30(25,26)27)11-12-18(19)20(22-21)16-9-7-6-8-10-16/h6-12,14,20,22H,3-5,13,15H2,1-2H3,(H,25,26,27). The summed E-state index contributed by atoms with van der Waals surface area (Å²) < 4.78 is 62.6. The minimum absolute atomic E-state index is 0.0110. The highest BCUT2D eigenvalue weighted by atomic mass is 32.3. The third-order valence-corrected chi connectivity index (χ3v) is 7.93. The van der Waals surface area contributed by atoms with E-state index < -0.39 is 31.8 Å². The Morgan fingerprint density at radius 3 is 2.47 bits per heavy atom. The molecule has 0 bridgehead atoms. The predicted molar refractivity (Wildman–Crippen MR) is 115 cm³/mol. The van der Waals surface area contributed by atoms with Crippen molar-refractivity contribution in [2.24, 2.45) is 0 Å². The first kappa shape index (κ1) is 22.7. The smallest absolute Gasteiger partial charge is 0.362 e. The van der Waals surface area contributed by atoms with Crippen LogP contribution in [0.1, 0.15) is 56.7 Å². The molecule has 2 unspecified atom stereocenters. The maximum atomic E-state index is 13.4. The number of sulfone groups is 1. The van der Waals surface area contributed by atoms with Gasteiger partial charge in [-0.25, -0.2) is 8.42 Å². The molecule has 1 aliphatic rings. The Labute approximate surface area is 178 Å². The lowest BCUT2D eigenvalue weighted by molar-refractivity contribution is 0.295. The molecule has 2 N–H and O–H groups in total. The van der Waals surface area contributed by atoms with Crippen LogP contribution in [0.2, 0.25) is 0 Å². The molecule has 9 heteroatoms. The van der Waals surface area contributed by atoms with Gasteiger partial charge in [0.2, 0.25) is 0 Å². The van der Waals surface area contributed by atoms with Crippen molar-refractivity contribution < 1.29 is 25.6 Å². The summed E-state index contributed by atoms with van der Waals surface area (Å²) in [6.45, 7) is 4.04. The van der Waals surface area contributed by atoms with Crippen LogP contribution < -0.4 is 9.50 Å². The van der Waals surface area contributed by atoms with Gasteiger partial charge in [-0.1, -0.05) is 63.1 Å². The van der Waals surface area contributed by atoms with Crippen molar-refractivity contribution in [1.29, 1.82) is 0 Å². The van der Waals surface area contributed by atoms with E-state index >= 15 is 0 Å². The summed E-state index contributed by atoms with van der Waals surface area (Å²) in [4.78, 5) is 0.0110. The minimum Gasteiger partial charge on any atom is -0.362 e. The predicted octanol–water partition coefficient (Wildman–Crippen LogP) is 3.67. The first-order chi connectivity index (χ1) is 14.1. The fraction of sp³-hybridized carbons (Fsp3) is 0.429. The quantitative estimate of drug-likeness (QED) is 0.616. The zero-order valence-electron chi connectivity index (χ0n) is 17.0. The highest BCUT2D eigenvalue weighted by Crippen LogP contribution is 2.39. The van der Waals surface area contributed by atoms with E-state index in [1.54, 1.807) is 6.07 Å². The molecule has 164 valence electrons. The number of unbranched alkanes of at least 4 members (excludes halogenated alkanes) is 1. The third-order valence-electron chi connectivity index (χ3n) is 5.57. The van der Waals surface area contributed by atoms with Crippen molar-refractivity contribution in [1.82, 2.24) is 5.32 Å². The molecule has 2 atom stereocenters. The lowest BCUT2D eigenvalue weighted by Gasteiger charge is -2.35. The van der Waals surface area contributed by atoms with Crippen molar-refractivity contribution in [2.75, 3.05) is 5.75 Å². The second kappa shape index (κ2) is 8.66. The summed E-state index contributed by atoms with van der Waals surface area (Å²) in [5.41, 5.74) is 0.808. The van der Waals surface area contributed by atoms with Gasteiger partial charge in [-0.05, 0) is 30.0 Å². The molecule has 0 radical (unpaired) electrons. The zero-order chi connectivity index (χ0) is 22.0. The van der Waals surface area contributed by atoms with Gasteiger partial charge in [-0.15, -0.1) is 0 Å². The fourth-order valence-corrected chi connectivity index (χ4v) is 6.51. The average Bonchev–Trinajstić information content (AvgIpc) is 2.79. The minimum atomic E-state index is -4.77. The second-order valence-electron chi connectivity index (χ2n) is 7.70. The van der Waals surface area contributed by atoms with Gasteiger partial charge in [-0.3, -0.25) is 9.87 Å². The fourth-order valence-electron chi connectivity index (χ4n) is 4.01. The van der Waals surface area contributed by atoms with E-state index in [1.807, 2.05) is 37.3 Å². The number of fused-ring (bicyclic) bond motifs is 1. The van der Waals surface area contributed by atoms with Gasteiger partial charge < -0.3 is 4.18 Å². The zero-order valence-corrected chi connectivity index (χ0v) is 18.7. The van der Waals surface area contributed by atoms with Gasteiger partial charge in [0.1, 0.15) is 5.75 Å². The van der Waals surface area contributed by atoms with Crippen molar-refractivity contribution >= 4 is 20.2 Å². The molecule has 0 aromatic heterocycles. The van der Waals surface area contributed by atoms with Crippen LogP contribution in [-0.2, 0) is 20.2 Å². The largest absolute Gasteiger partial charge is 0.446 e. The average molecular weight is 454 g/mol.